The molecule has 0 radical (unpaired) electrons. The summed E-state index contributed by atoms with van der Waals surface area (Å²) < 4.78 is 29.4. The van der Waals surface area contributed by atoms with E-state index < -0.39 is 10.0 Å². The molecule has 1 atom stereocenters. The van der Waals surface area contributed by atoms with Gasteiger partial charge >= 0.3 is 0 Å². The van der Waals surface area contributed by atoms with Crippen molar-refractivity contribution in [2.45, 2.75) is 17.9 Å². The number of nitrogens with two attached hydrogens (primary N) is 1. The van der Waals surface area contributed by atoms with E-state index in [2.05, 4.69) is 20.9 Å². The lowest BCUT2D eigenvalue weighted by Gasteiger charge is -2.25. The van der Waals surface area contributed by atoms with Crippen LogP contribution in [0.25, 0.3) is 0 Å². The van der Waals surface area contributed by atoms with Crippen LogP contribution in [0.15, 0.2) is 76.2 Å². The first-order chi connectivity index (χ1) is 14.1. The average molecular weight is 490 g/mol. The SMILES string of the molecule is CC(c1ccc(S(N)(=O)=O)cc1)N(C)C(=O)c1ccc(Oc2cccc(Br)c2)nc1. The first-order valence-electron chi connectivity index (χ1n) is 8.94. The van der Waals surface area contributed by atoms with Gasteiger partial charge in [-0.2, -0.15) is 0 Å². The molecule has 9 heteroatoms. The lowest BCUT2D eigenvalue weighted by Crippen LogP contribution is -2.29. The van der Waals surface area contributed by atoms with E-state index in [1.165, 1.54) is 18.3 Å². The Labute approximate surface area is 183 Å². The van der Waals surface area contributed by atoms with Gasteiger partial charge < -0.3 is 9.64 Å². The van der Waals surface area contributed by atoms with Gasteiger partial charge in [-0.3, -0.25) is 4.79 Å². The van der Waals surface area contributed by atoms with Crippen molar-refractivity contribution in [2.75, 3.05) is 7.05 Å². The second-order valence-electron chi connectivity index (χ2n) is 6.65. The van der Waals surface area contributed by atoms with Crippen LogP contribution in [0.1, 0.15) is 28.9 Å². The third kappa shape index (κ3) is 5.24. The summed E-state index contributed by atoms with van der Waals surface area (Å²) in [5.41, 5.74) is 1.19. The molecule has 0 aliphatic carbocycles. The Bertz CT molecular complexity index is 1150. The summed E-state index contributed by atoms with van der Waals surface area (Å²) in [6, 6.07) is 16.5. The van der Waals surface area contributed by atoms with Gasteiger partial charge in [-0.25, -0.2) is 18.5 Å². The van der Waals surface area contributed by atoms with Crippen LogP contribution in [0, 0.1) is 0 Å². The zero-order valence-corrected chi connectivity index (χ0v) is 18.7. The number of aromatic nitrogens is 1. The molecule has 2 aromatic carbocycles. The van der Waals surface area contributed by atoms with E-state index in [1.54, 1.807) is 36.2 Å². The van der Waals surface area contributed by atoms with Gasteiger partial charge in [0.2, 0.25) is 15.9 Å². The Morgan fingerprint density at radius 3 is 2.40 bits per heavy atom. The van der Waals surface area contributed by atoms with E-state index in [9.17, 15) is 13.2 Å². The predicted octanol–water partition coefficient (Wildman–Crippen LogP) is 4.12. The molecule has 1 aromatic heterocycles. The molecule has 0 saturated heterocycles. The zero-order chi connectivity index (χ0) is 21.9. The molecular formula is C21H20BrN3O4S. The minimum absolute atomic E-state index is 0.0256. The second-order valence-corrected chi connectivity index (χ2v) is 9.13. The molecule has 0 aliphatic rings. The molecule has 0 fully saturated rings. The number of hydrogen-bond donors (Lipinski definition) is 1. The molecule has 2 N–H and O–H groups in total. The number of carbonyl (C=O) groups excluding carboxylic acids is 1. The number of pyridine rings is 1. The van der Waals surface area contributed by atoms with Crippen molar-refractivity contribution in [1.29, 1.82) is 0 Å². The molecule has 30 heavy (non-hydrogen) atoms. The highest BCUT2D eigenvalue weighted by Crippen LogP contribution is 2.25. The van der Waals surface area contributed by atoms with Crippen molar-refractivity contribution >= 4 is 31.9 Å². The summed E-state index contributed by atoms with van der Waals surface area (Å²) in [6.45, 7) is 1.85. The van der Waals surface area contributed by atoms with Crippen LogP contribution in [0.3, 0.4) is 0 Å². The van der Waals surface area contributed by atoms with Gasteiger partial charge in [0.05, 0.1) is 16.5 Å². The van der Waals surface area contributed by atoms with E-state index >= 15 is 0 Å². The minimum atomic E-state index is -3.76. The van der Waals surface area contributed by atoms with Crippen LogP contribution in [-0.4, -0.2) is 31.3 Å². The van der Waals surface area contributed by atoms with Gasteiger partial charge in [0, 0.05) is 23.8 Å². The van der Waals surface area contributed by atoms with Gasteiger partial charge in [0.1, 0.15) is 5.75 Å². The number of benzene rings is 2. The van der Waals surface area contributed by atoms with Gasteiger partial charge in [0.25, 0.3) is 5.91 Å². The molecule has 0 aliphatic heterocycles. The number of sulfonamides is 1. The number of amides is 1. The number of ether oxygens (including phenoxy) is 1. The fourth-order valence-electron chi connectivity index (χ4n) is 2.76. The van der Waals surface area contributed by atoms with Crippen molar-refractivity contribution < 1.29 is 17.9 Å². The zero-order valence-electron chi connectivity index (χ0n) is 16.3. The fourth-order valence-corrected chi connectivity index (χ4v) is 3.65. The van der Waals surface area contributed by atoms with E-state index in [-0.39, 0.29) is 16.8 Å². The molecular weight excluding hydrogens is 470 g/mol. The van der Waals surface area contributed by atoms with Crippen molar-refractivity contribution in [1.82, 2.24) is 9.88 Å². The van der Waals surface area contributed by atoms with Crippen molar-refractivity contribution in [3.05, 3.63) is 82.5 Å². The normalized spacial score (nSPS) is 12.3. The Balaban J connectivity index is 1.70. The quantitative estimate of drug-likeness (QED) is 0.560. The molecule has 1 amide bonds. The second kappa shape index (κ2) is 8.95. The van der Waals surface area contributed by atoms with Crippen LogP contribution in [-0.2, 0) is 10.0 Å². The number of hydrogen-bond acceptors (Lipinski definition) is 5. The van der Waals surface area contributed by atoms with Crippen LogP contribution < -0.4 is 9.88 Å². The van der Waals surface area contributed by atoms with E-state index in [0.717, 1.165) is 10.0 Å². The molecule has 1 heterocycles. The highest BCUT2D eigenvalue weighted by molar-refractivity contribution is 9.10. The number of nitrogens with zero attached hydrogens (tertiary/aromatic N) is 2. The number of primary sulfonamides is 1. The van der Waals surface area contributed by atoms with Gasteiger partial charge in [0.15, 0.2) is 0 Å². The van der Waals surface area contributed by atoms with Crippen LogP contribution in [0.4, 0.5) is 0 Å². The van der Waals surface area contributed by atoms with Crippen LogP contribution in [0.2, 0.25) is 0 Å². The van der Waals surface area contributed by atoms with Crippen molar-refractivity contribution in [3.63, 3.8) is 0 Å². The van der Waals surface area contributed by atoms with E-state index in [1.807, 2.05) is 31.2 Å². The molecule has 1 unspecified atom stereocenters. The first kappa shape index (κ1) is 21.9. The molecule has 0 spiro atoms. The molecule has 3 aromatic rings. The first-order valence-corrected chi connectivity index (χ1v) is 11.3. The van der Waals surface area contributed by atoms with Crippen LogP contribution in [0.5, 0.6) is 11.6 Å². The summed E-state index contributed by atoms with van der Waals surface area (Å²) in [7, 11) is -2.08. The maximum atomic E-state index is 12.8. The predicted molar refractivity (Wildman–Crippen MR) is 117 cm³/mol. The lowest BCUT2D eigenvalue weighted by molar-refractivity contribution is 0.0742. The largest absolute Gasteiger partial charge is 0.439 e. The summed E-state index contributed by atoms with van der Waals surface area (Å²) in [4.78, 5) is 18.6. The number of carbonyl (C=O) groups is 1. The Kier molecular flexibility index (Phi) is 6.55. The van der Waals surface area contributed by atoms with Gasteiger partial charge in [-0.15, -0.1) is 0 Å². The maximum absolute atomic E-state index is 12.8. The smallest absolute Gasteiger partial charge is 0.255 e. The maximum Gasteiger partial charge on any atom is 0.255 e. The Morgan fingerprint density at radius 1 is 1.13 bits per heavy atom. The standard InChI is InChI=1S/C21H20BrN3O4S/c1-14(15-6-9-19(10-7-15)30(23,27)28)25(2)21(26)16-8-11-20(24-13-16)29-18-5-3-4-17(22)12-18/h3-14H,1-2H3,(H2,23,27,28). The molecule has 7 nitrogen and oxygen atoms in total. The topological polar surface area (TPSA) is 103 Å². The molecule has 3 rings (SSSR count). The minimum Gasteiger partial charge on any atom is -0.439 e. The van der Waals surface area contributed by atoms with E-state index in [4.69, 9.17) is 9.88 Å². The molecule has 156 valence electrons. The van der Waals surface area contributed by atoms with Gasteiger partial charge in [-0.05, 0) is 48.9 Å². The van der Waals surface area contributed by atoms with Crippen molar-refractivity contribution in [2.24, 2.45) is 5.14 Å². The summed E-state index contributed by atoms with van der Waals surface area (Å²) in [5.74, 6) is 0.781. The monoisotopic (exact) mass is 489 g/mol. The summed E-state index contributed by atoms with van der Waals surface area (Å²) >= 11 is 3.38. The highest BCUT2D eigenvalue weighted by Gasteiger charge is 2.20. The third-order valence-corrected chi connectivity index (χ3v) is 6.02. The Morgan fingerprint density at radius 2 is 1.83 bits per heavy atom. The highest BCUT2D eigenvalue weighted by atomic mass is 79.9. The fraction of sp³-hybridized carbons (Fsp3) is 0.143. The molecule has 0 bridgehead atoms. The van der Waals surface area contributed by atoms with E-state index in [0.29, 0.717) is 17.2 Å². The molecule has 0 saturated carbocycles. The number of rotatable bonds is 6. The summed E-state index contributed by atoms with van der Waals surface area (Å²) in [6.07, 6.45) is 1.46. The Hall–Kier alpha value is -2.75. The summed E-state index contributed by atoms with van der Waals surface area (Å²) in [5, 5.41) is 5.12. The van der Waals surface area contributed by atoms with Gasteiger partial charge in [-0.1, -0.05) is 34.1 Å². The average Bonchev–Trinajstić information content (AvgIpc) is 2.72. The number of halogens is 1. The van der Waals surface area contributed by atoms with Crippen molar-refractivity contribution in [3.8, 4) is 11.6 Å². The third-order valence-electron chi connectivity index (χ3n) is 4.59. The lowest BCUT2D eigenvalue weighted by atomic mass is 10.1. The van der Waals surface area contributed by atoms with Crippen LogP contribution >= 0.6 is 15.9 Å².